The minimum Gasteiger partial charge on any atom is -0.465 e. The Balaban J connectivity index is 0.00000289. The van der Waals surface area contributed by atoms with Crippen LogP contribution in [0.15, 0.2) is 24.3 Å². The van der Waals surface area contributed by atoms with Crippen molar-refractivity contribution in [2.24, 2.45) is 5.73 Å². The van der Waals surface area contributed by atoms with Gasteiger partial charge in [0.25, 0.3) is 0 Å². The van der Waals surface area contributed by atoms with E-state index < -0.39 is 24.6 Å². The number of hydrogen-bond acceptors (Lipinski definition) is 3. The summed E-state index contributed by atoms with van der Waals surface area (Å²) in [5, 5.41) is 0. The summed E-state index contributed by atoms with van der Waals surface area (Å²) in [7, 11) is 1.23. The molecule has 0 bridgehead atoms. The molecule has 2 N–H and O–H groups in total. The number of hydrogen-bond donors (Lipinski definition) is 1. The molecule has 0 fully saturated rings. The smallest absolute Gasteiger partial charge is 0.390 e. The Hall–Kier alpha value is -1.27. The number of nitrogens with two attached hydrogens (primary N) is 1. The summed E-state index contributed by atoms with van der Waals surface area (Å²) < 4.78 is 40.8. The zero-order valence-corrected chi connectivity index (χ0v) is 10.3. The summed E-state index contributed by atoms with van der Waals surface area (Å²) in [5.41, 5.74) is 6.01. The molecule has 1 aromatic rings. The quantitative estimate of drug-likeness (QED) is 0.868. The molecule has 0 saturated heterocycles. The fraction of sp³-hybridized carbons (Fsp3) is 0.364. The summed E-state index contributed by atoms with van der Waals surface area (Å²) in [5.74, 6) is -0.541. The highest BCUT2D eigenvalue weighted by Gasteiger charge is 2.30. The highest BCUT2D eigenvalue weighted by molar-refractivity contribution is 5.89. The molecule has 1 rings (SSSR count). The normalized spacial score (nSPS) is 12.5. The maximum absolute atomic E-state index is 12.1. The van der Waals surface area contributed by atoms with Crippen LogP contribution in [-0.2, 0) is 4.74 Å². The van der Waals surface area contributed by atoms with Crippen molar-refractivity contribution in [3.05, 3.63) is 35.4 Å². The van der Waals surface area contributed by atoms with Gasteiger partial charge in [-0.3, -0.25) is 0 Å². The largest absolute Gasteiger partial charge is 0.465 e. The lowest BCUT2D eigenvalue weighted by Gasteiger charge is -2.14. The van der Waals surface area contributed by atoms with Gasteiger partial charge in [-0.05, 0) is 17.7 Å². The number of halogens is 4. The molecule has 102 valence electrons. The Morgan fingerprint density at radius 3 is 2.22 bits per heavy atom. The van der Waals surface area contributed by atoms with Crippen molar-refractivity contribution in [3.63, 3.8) is 0 Å². The third-order valence-corrected chi connectivity index (χ3v) is 2.21. The van der Waals surface area contributed by atoms with Gasteiger partial charge in [-0.2, -0.15) is 13.2 Å². The second-order valence-corrected chi connectivity index (χ2v) is 3.54. The Labute approximate surface area is 109 Å². The lowest BCUT2D eigenvalue weighted by molar-refractivity contribution is -0.138. The number of methoxy groups -OCH3 is 1. The SMILES string of the molecule is COC(=O)c1ccc([C@@H](N)CC(F)(F)F)cc1.Cl. The van der Waals surface area contributed by atoms with E-state index >= 15 is 0 Å². The molecule has 0 aliphatic rings. The van der Waals surface area contributed by atoms with Gasteiger partial charge in [0.05, 0.1) is 19.1 Å². The van der Waals surface area contributed by atoms with Crippen molar-refractivity contribution in [2.45, 2.75) is 18.6 Å². The number of carbonyl (C=O) groups is 1. The summed E-state index contributed by atoms with van der Waals surface area (Å²) in [6, 6.07) is 4.43. The predicted octanol–water partition coefficient (Wildman–Crippen LogP) is 2.85. The van der Waals surface area contributed by atoms with Crippen LogP contribution in [0.2, 0.25) is 0 Å². The Morgan fingerprint density at radius 1 is 1.33 bits per heavy atom. The summed E-state index contributed by atoms with van der Waals surface area (Å²) >= 11 is 0. The molecule has 3 nitrogen and oxygen atoms in total. The molecule has 18 heavy (non-hydrogen) atoms. The highest BCUT2D eigenvalue weighted by atomic mass is 35.5. The van der Waals surface area contributed by atoms with Crippen LogP contribution < -0.4 is 5.73 Å². The average Bonchev–Trinajstić information content (AvgIpc) is 2.26. The van der Waals surface area contributed by atoms with E-state index in [4.69, 9.17) is 5.73 Å². The molecule has 0 radical (unpaired) electrons. The molecule has 1 atom stereocenters. The number of alkyl halides is 3. The van der Waals surface area contributed by atoms with Crippen molar-refractivity contribution in [3.8, 4) is 0 Å². The van der Waals surface area contributed by atoms with Gasteiger partial charge in [-0.25, -0.2) is 4.79 Å². The molecule has 0 aliphatic carbocycles. The van der Waals surface area contributed by atoms with Gasteiger partial charge in [0.15, 0.2) is 0 Å². The molecule has 7 heteroatoms. The molecular weight excluding hydrogens is 271 g/mol. The Morgan fingerprint density at radius 2 is 1.83 bits per heavy atom. The second kappa shape index (κ2) is 6.61. The van der Waals surface area contributed by atoms with Gasteiger partial charge < -0.3 is 10.5 Å². The van der Waals surface area contributed by atoms with Crippen molar-refractivity contribution in [1.82, 2.24) is 0 Å². The topological polar surface area (TPSA) is 52.3 Å². The number of carbonyl (C=O) groups excluding carboxylic acids is 1. The van der Waals surface area contributed by atoms with Crippen LogP contribution in [0.1, 0.15) is 28.4 Å². The summed E-state index contributed by atoms with van der Waals surface area (Å²) in [6.07, 6.45) is -5.40. The van der Waals surface area contributed by atoms with Gasteiger partial charge in [0.1, 0.15) is 0 Å². The zero-order valence-electron chi connectivity index (χ0n) is 9.53. The molecule has 1 aromatic carbocycles. The van der Waals surface area contributed by atoms with Crippen molar-refractivity contribution in [2.75, 3.05) is 7.11 Å². The fourth-order valence-corrected chi connectivity index (χ4v) is 1.35. The molecular formula is C11H13ClF3NO2. The predicted molar refractivity (Wildman–Crippen MR) is 62.6 cm³/mol. The lowest BCUT2D eigenvalue weighted by atomic mass is 10.0. The molecule has 0 amide bonds. The van der Waals surface area contributed by atoms with Crippen molar-refractivity contribution >= 4 is 18.4 Å². The first kappa shape index (κ1) is 16.7. The van der Waals surface area contributed by atoms with Crippen LogP contribution in [0.4, 0.5) is 13.2 Å². The van der Waals surface area contributed by atoms with E-state index in [9.17, 15) is 18.0 Å². The minimum atomic E-state index is -4.31. The number of benzene rings is 1. The first-order valence-electron chi connectivity index (χ1n) is 4.84. The maximum atomic E-state index is 12.1. The third-order valence-electron chi connectivity index (χ3n) is 2.21. The van der Waals surface area contributed by atoms with E-state index in [2.05, 4.69) is 4.74 Å². The third kappa shape index (κ3) is 4.93. The van der Waals surface area contributed by atoms with Crippen LogP contribution in [0, 0.1) is 0 Å². The van der Waals surface area contributed by atoms with Gasteiger partial charge in [-0.15, -0.1) is 12.4 Å². The zero-order chi connectivity index (χ0) is 13.1. The maximum Gasteiger partial charge on any atom is 0.390 e. The van der Waals surface area contributed by atoms with Crippen LogP contribution in [0.3, 0.4) is 0 Å². The lowest BCUT2D eigenvalue weighted by Crippen LogP contribution is -2.20. The van der Waals surface area contributed by atoms with Crippen LogP contribution in [0.25, 0.3) is 0 Å². The fourth-order valence-electron chi connectivity index (χ4n) is 1.35. The molecule has 0 aromatic heterocycles. The average molecular weight is 284 g/mol. The van der Waals surface area contributed by atoms with E-state index in [-0.39, 0.29) is 18.0 Å². The molecule has 0 aliphatic heterocycles. The highest BCUT2D eigenvalue weighted by Crippen LogP contribution is 2.27. The number of ether oxygens (including phenoxy) is 1. The molecule has 0 spiro atoms. The van der Waals surface area contributed by atoms with Gasteiger partial charge in [0.2, 0.25) is 0 Å². The molecule has 0 heterocycles. The van der Waals surface area contributed by atoms with Crippen molar-refractivity contribution in [1.29, 1.82) is 0 Å². The first-order valence-corrected chi connectivity index (χ1v) is 4.84. The van der Waals surface area contributed by atoms with Crippen LogP contribution in [0.5, 0.6) is 0 Å². The number of esters is 1. The van der Waals surface area contributed by atoms with Crippen LogP contribution in [-0.4, -0.2) is 19.3 Å². The summed E-state index contributed by atoms with van der Waals surface area (Å²) in [4.78, 5) is 11.1. The van der Waals surface area contributed by atoms with E-state index in [0.29, 0.717) is 5.56 Å². The molecule has 0 saturated carbocycles. The van der Waals surface area contributed by atoms with E-state index in [0.717, 1.165) is 0 Å². The standard InChI is InChI=1S/C11H12F3NO2.ClH/c1-17-10(16)8-4-2-7(3-5-8)9(15)6-11(12,13)14;/h2-5,9H,6,15H2,1H3;1H/t9-;/m0./s1. The minimum absolute atomic E-state index is 0. The van der Waals surface area contributed by atoms with E-state index in [1.165, 1.54) is 31.4 Å². The second-order valence-electron chi connectivity index (χ2n) is 3.54. The number of rotatable bonds is 3. The summed E-state index contributed by atoms with van der Waals surface area (Å²) in [6.45, 7) is 0. The Bertz CT molecular complexity index is 392. The first-order chi connectivity index (χ1) is 7.83. The monoisotopic (exact) mass is 283 g/mol. The van der Waals surface area contributed by atoms with Gasteiger partial charge >= 0.3 is 12.1 Å². The van der Waals surface area contributed by atoms with E-state index in [1.807, 2.05) is 0 Å². The van der Waals surface area contributed by atoms with Crippen molar-refractivity contribution < 1.29 is 22.7 Å². The van der Waals surface area contributed by atoms with Gasteiger partial charge in [0, 0.05) is 6.04 Å². The van der Waals surface area contributed by atoms with Gasteiger partial charge in [-0.1, -0.05) is 12.1 Å². The molecule has 0 unspecified atom stereocenters. The van der Waals surface area contributed by atoms with Crippen LogP contribution >= 0.6 is 12.4 Å². The Kier molecular flexibility index (Phi) is 6.14. The van der Waals surface area contributed by atoms with E-state index in [1.54, 1.807) is 0 Å².